The molecule has 24 heavy (non-hydrogen) atoms. The molecule has 1 N–H and O–H groups in total. The van der Waals surface area contributed by atoms with Gasteiger partial charge < -0.3 is 10.2 Å². The van der Waals surface area contributed by atoms with Crippen LogP contribution in [0.25, 0.3) is 0 Å². The van der Waals surface area contributed by atoms with Crippen LogP contribution in [0.15, 0.2) is 30.3 Å². The van der Waals surface area contributed by atoms with E-state index in [1.165, 1.54) is 11.3 Å². The van der Waals surface area contributed by atoms with Crippen molar-refractivity contribution in [2.24, 2.45) is 0 Å². The highest BCUT2D eigenvalue weighted by atomic mass is 32.2. The van der Waals surface area contributed by atoms with E-state index in [1.807, 2.05) is 19.1 Å². The van der Waals surface area contributed by atoms with Gasteiger partial charge in [0.15, 0.2) is 9.84 Å². The molecule has 1 saturated heterocycles. The van der Waals surface area contributed by atoms with Crippen LogP contribution >= 0.6 is 0 Å². The lowest BCUT2D eigenvalue weighted by molar-refractivity contribution is 0.602. The van der Waals surface area contributed by atoms with Gasteiger partial charge in [0.2, 0.25) is 0 Å². The van der Waals surface area contributed by atoms with E-state index in [4.69, 9.17) is 0 Å². The molecule has 7 heteroatoms. The molecule has 1 atom stereocenters. The fraction of sp³-hybridized carbons (Fsp3) is 0.412. The van der Waals surface area contributed by atoms with Crippen molar-refractivity contribution in [3.05, 3.63) is 41.7 Å². The Hall–Kier alpha value is -2.15. The van der Waals surface area contributed by atoms with E-state index in [0.717, 1.165) is 18.8 Å². The summed E-state index contributed by atoms with van der Waals surface area (Å²) in [5, 5.41) is 3.27. The molecule has 0 saturated carbocycles. The van der Waals surface area contributed by atoms with Gasteiger partial charge in [-0.25, -0.2) is 18.4 Å². The molecule has 6 nitrogen and oxygen atoms in total. The number of aromatic nitrogens is 2. The zero-order valence-electron chi connectivity index (χ0n) is 13.6. The van der Waals surface area contributed by atoms with Gasteiger partial charge in [-0.3, -0.25) is 0 Å². The highest BCUT2D eigenvalue weighted by Crippen LogP contribution is 2.34. The first-order chi connectivity index (χ1) is 11.5. The van der Waals surface area contributed by atoms with Crippen molar-refractivity contribution in [1.82, 2.24) is 9.97 Å². The fourth-order valence-corrected chi connectivity index (χ4v) is 5.13. The van der Waals surface area contributed by atoms with Gasteiger partial charge in [-0.05, 0) is 31.4 Å². The lowest BCUT2D eigenvalue weighted by atomic mass is 10.2. The number of nitrogens with zero attached hydrogens (tertiary/aromatic N) is 3. The van der Waals surface area contributed by atoms with Gasteiger partial charge >= 0.3 is 0 Å². The third-order valence-corrected chi connectivity index (χ3v) is 6.34. The second-order valence-electron chi connectivity index (χ2n) is 6.43. The van der Waals surface area contributed by atoms with Crippen molar-refractivity contribution in [3.63, 3.8) is 0 Å². The summed E-state index contributed by atoms with van der Waals surface area (Å²) in [4.78, 5) is 11.2. The van der Waals surface area contributed by atoms with E-state index in [1.54, 1.807) is 0 Å². The van der Waals surface area contributed by atoms with Gasteiger partial charge in [0, 0.05) is 24.3 Å². The Bertz CT molecular complexity index is 882. The molecule has 2 aromatic rings. The van der Waals surface area contributed by atoms with Crippen LogP contribution in [0.1, 0.15) is 17.8 Å². The van der Waals surface area contributed by atoms with E-state index in [-0.39, 0.29) is 17.5 Å². The highest BCUT2D eigenvalue weighted by molar-refractivity contribution is 7.91. The Morgan fingerprint density at radius 2 is 2.08 bits per heavy atom. The number of hydrogen-bond donors (Lipinski definition) is 1. The van der Waals surface area contributed by atoms with Crippen LogP contribution < -0.4 is 10.2 Å². The molecule has 126 valence electrons. The predicted molar refractivity (Wildman–Crippen MR) is 94.6 cm³/mol. The summed E-state index contributed by atoms with van der Waals surface area (Å²) in [6.07, 6.45) is 1.64. The zero-order chi connectivity index (χ0) is 16.7. The maximum atomic E-state index is 11.6. The molecule has 2 aliphatic heterocycles. The number of aryl methyl sites for hydroxylation is 1. The zero-order valence-corrected chi connectivity index (χ0v) is 14.4. The SMILES string of the molecule is Cc1nc(NC2CCS(=O)(=O)C2)cc(N2CCc3ccccc32)n1. The lowest BCUT2D eigenvalue weighted by Crippen LogP contribution is -2.22. The van der Waals surface area contributed by atoms with Crippen LogP contribution in [0, 0.1) is 6.92 Å². The third kappa shape index (κ3) is 2.96. The molecular weight excluding hydrogens is 324 g/mol. The number of anilines is 3. The van der Waals surface area contributed by atoms with Crippen LogP contribution in [0.3, 0.4) is 0 Å². The van der Waals surface area contributed by atoms with Crippen molar-refractivity contribution in [2.75, 3.05) is 28.3 Å². The first-order valence-electron chi connectivity index (χ1n) is 8.18. The van der Waals surface area contributed by atoms with Gasteiger partial charge in [-0.1, -0.05) is 18.2 Å². The Balaban J connectivity index is 1.61. The van der Waals surface area contributed by atoms with Crippen molar-refractivity contribution >= 4 is 27.2 Å². The largest absolute Gasteiger partial charge is 0.366 e. The van der Waals surface area contributed by atoms with E-state index >= 15 is 0 Å². The number of rotatable bonds is 3. The molecule has 0 bridgehead atoms. The first-order valence-corrected chi connectivity index (χ1v) is 10.0. The maximum absolute atomic E-state index is 11.6. The van der Waals surface area contributed by atoms with E-state index in [0.29, 0.717) is 18.1 Å². The highest BCUT2D eigenvalue weighted by Gasteiger charge is 2.28. The minimum absolute atomic E-state index is 0.0667. The fourth-order valence-electron chi connectivity index (χ4n) is 3.46. The normalized spacial score (nSPS) is 21.7. The lowest BCUT2D eigenvalue weighted by Gasteiger charge is -2.20. The maximum Gasteiger partial charge on any atom is 0.152 e. The number of benzene rings is 1. The molecule has 4 rings (SSSR count). The van der Waals surface area contributed by atoms with E-state index < -0.39 is 9.84 Å². The number of sulfone groups is 1. The molecule has 0 radical (unpaired) electrons. The first kappa shape index (κ1) is 15.4. The second kappa shape index (κ2) is 5.73. The Labute approximate surface area is 141 Å². The van der Waals surface area contributed by atoms with E-state index in [9.17, 15) is 8.42 Å². The Morgan fingerprint density at radius 3 is 2.88 bits per heavy atom. The summed E-state index contributed by atoms with van der Waals surface area (Å²) in [7, 11) is -2.91. The monoisotopic (exact) mass is 344 g/mol. The van der Waals surface area contributed by atoms with Gasteiger partial charge in [0.1, 0.15) is 17.5 Å². The van der Waals surface area contributed by atoms with Gasteiger partial charge in [-0.15, -0.1) is 0 Å². The molecular formula is C17H20N4O2S. The number of hydrogen-bond acceptors (Lipinski definition) is 6. The topological polar surface area (TPSA) is 75.2 Å². The minimum atomic E-state index is -2.91. The van der Waals surface area contributed by atoms with Crippen molar-refractivity contribution < 1.29 is 8.42 Å². The standard InChI is InChI=1S/C17H20N4O2S/c1-12-18-16(20-14-7-9-24(22,23)11-14)10-17(19-12)21-8-6-13-4-2-3-5-15(13)21/h2-5,10,14H,6-9,11H2,1H3,(H,18,19,20). The smallest absolute Gasteiger partial charge is 0.152 e. The molecule has 1 aromatic carbocycles. The molecule has 0 amide bonds. The van der Waals surface area contributed by atoms with Crippen molar-refractivity contribution in [1.29, 1.82) is 0 Å². The van der Waals surface area contributed by atoms with Crippen LogP contribution in [-0.2, 0) is 16.3 Å². The predicted octanol–water partition coefficient (Wildman–Crippen LogP) is 2.08. The molecule has 1 unspecified atom stereocenters. The van der Waals surface area contributed by atoms with Gasteiger partial charge in [0.05, 0.1) is 11.5 Å². The number of nitrogens with one attached hydrogen (secondary N) is 1. The third-order valence-electron chi connectivity index (χ3n) is 4.57. The summed E-state index contributed by atoms with van der Waals surface area (Å²) in [5.41, 5.74) is 2.51. The minimum Gasteiger partial charge on any atom is -0.366 e. The molecule has 1 aromatic heterocycles. The van der Waals surface area contributed by atoms with Crippen LogP contribution in [0.2, 0.25) is 0 Å². The van der Waals surface area contributed by atoms with Crippen LogP contribution in [0.5, 0.6) is 0 Å². The number of para-hydroxylation sites is 1. The number of fused-ring (bicyclic) bond motifs is 1. The summed E-state index contributed by atoms with van der Waals surface area (Å²) in [6.45, 7) is 2.76. The Morgan fingerprint density at radius 1 is 1.25 bits per heavy atom. The molecule has 3 heterocycles. The van der Waals surface area contributed by atoms with Gasteiger partial charge in [-0.2, -0.15) is 0 Å². The summed E-state index contributed by atoms with van der Waals surface area (Å²) in [5.74, 6) is 2.67. The average Bonchev–Trinajstić information content (AvgIpc) is 3.10. The molecule has 0 spiro atoms. The summed E-state index contributed by atoms with van der Waals surface area (Å²) < 4.78 is 23.3. The second-order valence-corrected chi connectivity index (χ2v) is 8.66. The Kier molecular flexibility index (Phi) is 3.68. The van der Waals surface area contributed by atoms with Gasteiger partial charge in [0.25, 0.3) is 0 Å². The van der Waals surface area contributed by atoms with Crippen LogP contribution in [-0.4, -0.2) is 42.5 Å². The van der Waals surface area contributed by atoms with E-state index in [2.05, 4.69) is 38.4 Å². The average molecular weight is 344 g/mol. The molecule has 2 aliphatic rings. The summed E-state index contributed by atoms with van der Waals surface area (Å²) in [6, 6.07) is 10.2. The molecule has 0 aliphatic carbocycles. The van der Waals surface area contributed by atoms with Crippen molar-refractivity contribution in [3.8, 4) is 0 Å². The van der Waals surface area contributed by atoms with Crippen molar-refractivity contribution in [2.45, 2.75) is 25.8 Å². The quantitative estimate of drug-likeness (QED) is 0.919. The molecule has 1 fully saturated rings. The summed E-state index contributed by atoms with van der Waals surface area (Å²) >= 11 is 0. The van der Waals surface area contributed by atoms with Crippen LogP contribution in [0.4, 0.5) is 17.3 Å².